The molecule has 1 unspecified atom stereocenters. The number of halogens is 2. The fraction of sp³-hybridized carbons (Fsp3) is 0.308. The number of amides is 1. The smallest absolute Gasteiger partial charge is 0.282 e. The van der Waals surface area contributed by atoms with E-state index < -0.39 is 12.5 Å². The van der Waals surface area contributed by atoms with Crippen LogP contribution in [0.25, 0.3) is 0 Å². The van der Waals surface area contributed by atoms with Crippen LogP contribution in [0.5, 0.6) is 0 Å². The van der Waals surface area contributed by atoms with Gasteiger partial charge in [0.05, 0.1) is 0 Å². The van der Waals surface area contributed by atoms with Gasteiger partial charge in [0.25, 0.3) is 6.43 Å². The van der Waals surface area contributed by atoms with Gasteiger partial charge >= 0.3 is 0 Å². The number of rotatable bonds is 4. The Morgan fingerprint density at radius 1 is 1.35 bits per heavy atom. The van der Waals surface area contributed by atoms with Gasteiger partial charge in [-0.3, -0.25) is 14.5 Å². The van der Waals surface area contributed by atoms with Crippen LogP contribution in [0.1, 0.15) is 30.8 Å². The van der Waals surface area contributed by atoms with Crippen molar-refractivity contribution in [1.82, 2.24) is 14.8 Å². The van der Waals surface area contributed by atoms with Crippen LogP contribution in [0.4, 0.5) is 14.5 Å². The molecule has 1 N–H and O–H groups in total. The van der Waals surface area contributed by atoms with Crippen molar-refractivity contribution in [3.63, 3.8) is 0 Å². The first kappa shape index (κ1) is 14.1. The molecule has 106 valence electrons. The van der Waals surface area contributed by atoms with Gasteiger partial charge in [-0.15, -0.1) is 0 Å². The predicted octanol–water partition coefficient (Wildman–Crippen LogP) is 2.72. The number of pyridine rings is 1. The number of anilines is 1. The second-order valence-corrected chi connectivity index (χ2v) is 4.36. The van der Waals surface area contributed by atoms with Gasteiger partial charge in [0.15, 0.2) is 0 Å². The molecule has 1 atom stereocenters. The number of aryl methyl sites for hydroxylation is 1. The Labute approximate surface area is 114 Å². The number of carbonyl (C=O) groups is 1. The molecular formula is C13H14F2N4O. The third kappa shape index (κ3) is 2.98. The minimum atomic E-state index is -2.65. The van der Waals surface area contributed by atoms with Crippen LogP contribution in [0.15, 0.2) is 30.6 Å². The molecule has 5 nitrogen and oxygen atoms in total. The maximum absolute atomic E-state index is 12.6. The van der Waals surface area contributed by atoms with Gasteiger partial charge in [0.1, 0.15) is 11.7 Å². The number of hydrogen-bond acceptors (Lipinski definition) is 3. The maximum atomic E-state index is 12.6. The van der Waals surface area contributed by atoms with Crippen molar-refractivity contribution < 1.29 is 13.6 Å². The lowest BCUT2D eigenvalue weighted by Gasteiger charge is -2.14. The van der Waals surface area contributed by atoms with Crippen molar-refractivity contribution in [2.24, 2.45) is 0 Å². The summed E-state index contributed by atoms with van der Waals surface area (Å²) in [5.41, 5.74) is 0.777. The summed E-state index contributed by atoms with van der Waals surface area (Å²) >= 11 is 0. The lowest BCUT2D eigenvalue weighted by molar-refractivity contribution is -0.119. The highest BCUT2D eigenvalue weighted by molar-refractivity contribution is 5.93. The minimum absolute atomic E-state index is 0.328. The van der Waals surface area contributed by atoms with E-state index in [1.54, 1.807) is 38.4 Å². The van der Waals surface area contributed by atoms with Gasteiger partial charge in [0, 0.05) is 23.8 Å². The van der Waals surface area contributed by atoms with Crippen LogP contribution < -0.4 is 5.32 Å². The summed E-state index contributed by atoms with van der Waals surface area (Å²) < 4.78 is 26.5. The highest BCUT2D eigenvalue weighted by atomic mass is 19.3. The molecule has 7 heteroatoms. The predicted molar refractivity (Wildman–Crippen MR) is 69.5 cm³/mol. The Bertz CT molecular complexity index is 598. The number of nitrogens with zero attached hydrogens (tertiary/aromatic N) is 3. The molecule has 0 aliphatic rings. The molecule has 0 fully saturated rings. The van der Waals surface area contributed by atoms with Gasteiger partial charge in [-0.05, 0) is 32.0 Å². The Morgan fingerprint density at radius 3 is 2.55 bits per heavy atom. The van der Waals surface area contributed by atoms with Crippen molar-refractivity contribution in [2.45, 2.75) is 26.3 Å². The molecule has 0 bridgehead atoms. The van der Waals surface area contributed by atoms with Gasteiger partial charge in [0.2, 0.25) is 5.91 Å². The second kappa shape index (κ2) is 5.77. The van der Waals surface area contributed by atoms with Crippen molar-refractivity contribution in [3.05, 3.63) is 42.0 Å². The lowest BCUT2D eigenvalue weighted by Crippen LogP contribution is -2.25. The summed E-state index contributed by atoms with van der Waals surface area (Å²) in [5, 5.41) is 6.44. The van der Waals surface area contributed by atoms with E-state index in [9.17, 15) is 13.6 Å². The third-order valence-corrected chi connectivity index (χ3v) is 2.86. The zero-order chi connectivity index (χ0) is 14.7. The number of hydrogen-bond donors (Lipinski definition) is 1. The van der Waals surface area contributed by atoms with Crippen molar-refractivity contribution >= 4 is 11.6 Å². The van der Waals surface area contributed by atoms with Crippen LogP contribution >= 0.6 is 0 Å². The SMILES string of the molecule is Cc1cc(C(F)F)nn1C(C)C(=O)Nc1ccncc1. The van der Waals surface area contributed by atoms with Crippen LogP contribution in [0.3, 0.4) is 0 Å². The van der Waals surface area contributed by atoms with Crippen LogP contribution in [-0.2, 0) is 4.79 Å². The van der Waals surface area contributed by atoms with E-state index in [2.05, 4.69) is 15.4 Å². The molecule has 20 heavy (non-hydrogen) atoms. The molecule has 0 aliphatic carbocycles. The van der Waals surface area contributed by atoms with E-state index >= 15 is 0 Å². The zero-order valence-corrected chi connectivity index (χ0v) is 11.0. The molecule has 0 aliphatic heterocycles. The van der Waals surface area contributed by atoms with Gasteiger partial charge < -0.3 is 5.32 Å². The summed E-state index contributed by atoms with van der Waals surface area (Å²) in [5.74, 6) is -0.330. The number of alkyl halides is 2. The van der Waals surface area contributed by atoms with Crippen LogP contribution in [0, 0.1) is 6.92 Å². The molecule has 0 spiro atoms. The number of nitrogens with one attached hydrogen (secondary N) is 1. The Balaban J connectivity index is 2.14. The summed E-state index contributed by atoms with van der Waals surface area (Å²) in [4.78, 5) is 15.9. The number of carbonyl (C=O) groups excluding carboxylic acids is 1. The Morgan fingerprint density at radius 2 is 2.00 bits per heavy atom. The molecular weight excluding hydrogens is 266 g/mol. The fourth-order valence-electron chi connectivity index (χ4n) is 1.80. The first-order chi connectivity index (χ1) is 9.49. The highest BCUT2D eigenvalue weighted by Crippen LogP contribution is 2.21. The lowest BCUT2D eigenvalue weighted by atomic mass is 10.3. The van der Waals surface area contributed by atoms with E-state index in [4.69, 9.17) is 0 Å². The molecule has 0 saturated carbocycles. The second-order valence-electron chi connectivity index (χ2n) is 4.36. The quantitative estimate of drug-likeness (QED) is 0.936. The van der Waals surface area contributed by atoms with Crippen molar-refractivity contribution in [3.8, 4) is 0 Å². The molecule has 0 radical (unpaired) electrons. The topological polar surface area (TPSA) is 59.8 Å². The zero-order valence-electron chi connectivity index (χ0n) is 11.0. The monoisotopic (exact) mass is 280 g/mol. The van der Waals surface area contributed by atoms with Crippen molar-refractivity contribution in [1.29, 1.82) is 0 Å². The average Bonchev–Trinajstić information content (AvgIpc) is 2.81. The summed E-state index contributed by atoms with van der Waals surface area (Å²) in [7, 11) is 0. The molecule has 2 heterocycles. The van der Waals surface area contributed by atoms with Gasteiger partial charge in [-0.2, -0.15) is 5.10 Å². The first-order valence-electron chi connectivity index (χ1n) is 6.04. The summed E-state index contributed by atoms with van der Waals surface area (Å²) in [6.07, 6.45) is 0.452. The highest BCUT2D eigenvalue weighted by Gasteiger charge is 2.21. The van der Waals surface area contributed by atoms with E-state index in [-0.39, 0.29) is 11.6 Å². The van der Waals surface area contributed by atoms with E-state index in [1.165, 1.54) is 10.7 Å². The summed E-state index contributed by atoms with van der Waals surface area (Å²) in [6.45, 7) is 3.24. The fourth-order valence-corrected chi connectivity index (χ4v) is 1.80. The largest absolute Gasteiger partial charge is 0.324 e. The standard InChI is InChI=1S/C13H14F2N4O/c1-8-7-11(12(14)15)18-19(8)9(2)13(20)17-10-3-5-16-6-4-10/h3-7,9,12H,1-2H3,(H,16,17,20). The van der Waals surface area contributed by atoms with E-state index in [0.717, 1.165) is 0 Å². The van der Waals surface area contributed by atoms with E-state index in [0.29, 0.717) is 11.4 Å². The molecule has 1 amide bonds. The summed E-state index contributed by atoms with van der Waals surface area (Å²) in [6, 6.07) is 3.88. The van der Waals surface area contributed by atoms with Crippen LogP contribution in [0.2, 0.25) is 0 Å². The first-order valence-corrected chi connectivity index (χ1v) is 6.04. The van der Waals surface area contributed by atoms with Gasteiger partial charge in [-0.1, -0.05) is 0 Å². The molecule has 0 aromatic carbocycles. The molecule has 2 aromatic rings. The Hall–Kier alpha value is -2.31. The minimum Gasteiger partial charge on any atom is -0.324 e. The maximum Gasteiger partial charge on any atom is 0.282 e. The normalized spacial score (nSPS) is 12.4. The molecule has 2 aromatic heterocycles. The third-order valence-electron chi connectivity index (χ3n) is 2.86. The van der Waals surface area contributed by atoms with E-state index in [1.807, 2.05) is 0 Å². The van der Waals surface area contributed by atoms with Crippen LogP contribution in [-0.4, -0.2) is 20.7 Å². The van der Waals surface area contributed by atoms with Crippen molar-refractivity contribution in [2.75, 3.05) is 5.32 Å². The van der Waals surface area contributed by atoms with Gasteiger partial charge in [-0.25, -0.2) is 8.78 Å². The number of aromatic nitrogens is 3. The Kier molecular flexibility index (Phi) is 4.07. The molecule has 0 saturated heterocycles. The average molecular weight is 280 g/mol. The molecule has 2 rings (SSSR count).